The third-order valence-electron chi connectivity index (χ3n) is 4.95. The van der Waals surface area contributed by atoms with Crippen molar-refractivity contribution in [2.45, 2.75) is 23.9 Å². The standard InChI is InChI=1S/C22H24FN9S/c1-14(31(2)3)19-29-30-22(32(19)17-11-9-15(23)10-12-17)33-13-18-26-20(24)28-21(27-18)25-16-7-5-4-6-8-16/h4-12,14H,13H2,1-3H3,(H3,24,25,26,27,28). The lowest BCUT2D eigenvalue weighted by Gasteiger charge is -2.20. The molecule has 0 saturated heterocycles. The number of nitrogens with one attached hydrogen (secondary N) is 1. The molecule has 0 aliphatic heterocycles. The molecule has 1 unspecified atom stereocenters. The van der Waals surface area contributed by atoms with Crippen molar-refractivity contribution in [3.8, 4) is 5.69 Å². The summed E-state index contributed by atoms with van der Waals surface area (Å²) in [5.41, 5.74) is 7.53. The molecular weight excluding hydrogens is 441 g/mol. The van der Waals surface area contributed by atoms with Gasteiger partial charge in [-0.25, -0.2) is 4.39 Å². The number of hydrogen-bond acceptors (Lipinski definition) is 9. The largest absolute Gasteiger partial charge is 0.368 e. The van der Waals surface area contributed by atoms with Crippen molar-refractivity contribution in [3.63, 3.8) is 0 Å². The van der Waals surface area contributed by atoms with E-state index < -0.39 is 0 Å². The van der Waals surface area contributed by atoms with Crippen LogP contribution in [0.25, 0.3) is 5.69 Å². The van der Waals surface area contributed by atoms with Gasteiger partial charge in [0.25, 0.3) is 0 Å². The quantitative estimate of drug-likeness (QED) is 0.375. The summed E-state index contributed by atoms with van der Waals surface area (Å²) in [5, 5.41) is 12.6. The lowest BCUT2D eigenvalue weighted by molar-refractivity contribution is 0.305. The molecule has 11 heteroatoms. The number of thioether (sulfide) groups is 1. The molecule has 2 aromatic carbocycles. The van der Waals surface area contributed by atoms with E-state index in [9.17, 15) is 4.39 Å². The molecule has 0 spiro atoms. The van der Waals surface area contributed by atoms with Crippen LogP contribution >= 0.6 is 11.8 Å². The highest BCUT2D eigenvalue weighted by molar-refractivity contribution is 7.98. The molecular formula is C22H24FN9S. The number of benzene rings is 2. The molecule has 0 fully saturated rings. The molecule has 0 aliphatic rings. The summed E-state index contributed by atoms with van der Waals surface area (Å²) in [5.74, 6) is 1.83. The molecule has 0 amide bonds. The Balaban J connectivity index is 1.60. The highest BCUT2D eigenvalue weighted by Crippen LogP contribution is 2.28. The number of para-hydroxylation sites is 1. The Hall–Kier alpha value is -3.57. The summed E-state index contributed by atoms with van der Waals surface area (Å²) in [6, 6.07) is 15.8. The maximum atomic E-state index is 13.5. The third-order valence-corrected chi connectivity index (χ3v) is 5.88. The fraction of sp³-hybridized carbons (Fsp3) is 0.227. The fourth-order valence-corrected chi connectivity index (χ4v) is 3.86. The summed E-state index contributed by atoms with van der Waals surface area (Å²) >= 11 is 1.41. The highest BCUT2D eigenvalue weighted by Gasteiger charge is 2.21. The number of nitrogen functional groups attached to an aromatic ring is 1. The van der Waals surface area contributed by atoms with Crippen LogP contribution in [0, 0.1) is 5.82 Å². The van der Waals surface area contributed by atoms with Crippen LogP contribution in [-0.2, 0) is 5.75 Å². The van der Waals surface area contributed by atoms with E-state index in [1.54, 1.807) is 12.1 Å². The minimum atomic E-state index is -0.303. The first kappa shape index (κ1) is 22.6. The summed E-state index contributed by atoms with van der Waals surface area (Å²) in [6.45, 7) is 2.03. The van der Waals surface area contributed by atoms with Crippen LogP contribution in [0.2, 0.25) is 0 Å². The van der Waals surface area contributed by atoms with Gasteiger partial charge in [0, 0.05) is 11.4 Å². The van der Waals surface area contributed by atoms with E-state index in [1.807, 2.05) is 60.8 Å². The van der Waals surface area contributed by atoms with Crippen molar-refractivity contribution in [2.24, 2.45) is 0 Å². The molecule has 0 saturated carbocycles. The lowest BCUT2D eigenvalue weighted by atomic mass is 10.2. The maximum absolute atomic E-state index is 13.5. The van der Waals surface area contributed by atoms with Gasteiger partial charge in [-0.3, -0.25) is 9.47 Å². The molecule has 4 aromatic rings. The van der Waals surface area contributed by atoms with Crippen LogP contribution in [0.3, 0.4) is 0 Å². The minimum Gasteiger partial charge on any atom is -0.368 e. The Labute approximate surface area is 195 Å². The summed E-state index contributed by atoms with van der Waals surface area (Å²) in [6.07, 6.45) is 0. The zero-order valence-corrected chi connectivity index (χ0v) is 19.3. The fourth-order valence-electron chi connectivity index (χ4n) is 3.05. The molecule has 9 nitrogen and oxygen atoms in total. The van der Waals surface area contributed by atoms with E-state index in [0.717, 1.165) is 17.2 Å². The average Bonchev–Trinajstić information content (AvgIpc) is 3.22. The topological polar surface area (TPSA) is 111 Å². The zero-order chi connectivity index (χ0) is 23.4. The molecule has 3 N–H and O–H groups in total. The summed E-state index contributed by atoms with van der Waals surface area (Å²) in [4.78, 5) is 14.9. The highest BCUT2D eigenvalue weighted by atomic mass is 32.2. The first-order chi connectivity index (χ1) is 15.9. The van der Waals surface area contributed by atoms with Gasteiger partial charge in [-0.2, -0.15) is 15.0 Å². The van der Waals surface area contributed by atoms with Crippen molar-refractivity contribution < 1.29 is 4.39 Å². The van der Waals surface area contributed by atoms with E-state index in [-0.39, 0.29) is 17.8 Å². The number of hydrogen-bond donors (Lipinski definition) is 2. The van der Waals surface area contributed by atoms with Crippen molar-refractivity contribution in [1.82, 2.24) is 34.6 Å². The van der Waals surface area contributed by atoms with E-state index >= 15 is 0 Å². The van der Waals surface area contributed by atoms with Crippen LogP contribution in [0.5, 0.6) is 0 Å². The SMILES string of the molecule is CC(c1nnc(SCc2nc(N)nc(Nc3ccccc3)n2)n1-c1ccc(F)cc1)N(C)C. The summed E-state index contributed by atoms with van der Waals surface area (Å²) in [7, 11) is 3.94. The van der Waals surface area contributed by atoms with Gasteiger partial charge in [0.1, 0.15) is 11.6 Å². The van der Waals surface area contributed by atoms with Gasteiger partial charge in [0.2, 0.25) is 11.9 Å². The number of aromatic nitrogens is 6. The van der Waals surface area contributed by atoms with Gasteiger partial charge in [-0.1, -0.05) is 30.0 Å². The molecule has 170 valence electrons. The Kier molecular flexibility index (Phi) is 6.80. The number of rotatable bonds is 8. The van der Waals surface area contributed by atoms with Crippen LogP contribution in [0.1, 0.15) is 24.6 Å². The molecule has 1 atom stereocenters. The molecule has 33 heavy (non-hydrogen) atoms. The van der Waals surface area contributed by atoms with Crippen LogP contribution in [0.15, 0.2) is 59.8 Å². The second kappa shape index (κ2) is 9.92. The van der Waals surface area contributed by atoms with Crippen molar-refractivity contribution in [3.05, 3.63) is 72.1 Å². The van der Waals surface area contributed by atoms with E-state index in [2.05, 4.69) is 30.5 Å². The van der Waals surface area contributed by atoms with Crippen LogP contribution in [-0.4, -0.2) is 48.7 Å². The monoisotopic (exact) mass is 465 g/mol. The molecule has 0 radical (unpaired) electrons. The van der Waals surface area contributed by atoms with Gasteiger partial charge < -0.3 is 11.1 Å². The number of anilines is 3. The van der Waals surface area contributed by atoms with E-state index in [1.165, 1.54) is 23.9 Å². The minimum absolute atomic E-state index is 0.00796. The summed E-state index contributed by atoms with van der Waals surface area (Å²) < 4.78 is 15.4. The van der Waals surface area contributed by atoms with Crippen molar-refractivity contribution in [2.75, 3.05) is 25.1 Å². The molecule has 0 bridgehead atoms. The number of nitrogens with zero attached hydrogens (tertiary/aromatic N) is 7. The van der Waals surface area contributed by atoms with Crippen LogP contribution < -0.4 is 11.1 Å². The normalized spacial score (nSPS) is 12.2. The average molecular weight is 466 g/mol. The van der Waals surface area contributed by atoms with Gasteiger partial charge in [0.05, 0.1) is 11.8 Å². The Morgan fingerprint density at radius 2 is 1.76 bits per heavy atom. The molecule has 4 rings (SSSR count). The molecule has 0 aliphatic carbocycles. The van der Waals surface area contributed by atoms with Crippen molar-refractivity contribution in [1.29, 1.82) is 0 Å². The van der Waals surface area contributed by atoms with Crippen LogP contribution in [0.4, 0.5) is 22.0 Å². The van der Waals surface area contributed by atoms with Crippen molar-refractivity contribution >= 4 is 29.3 Å². The predicted octanol–water partition coefficient (Wildman–Crippen LogP) is 3.83. The Bertz CT molecular complexity index is 1210. The third kappa shape index (κ3) is 5.44. The number of halogens is 1. The first-order valence-electron chi connectivity index (χ1n) is 10.2. The van der Waals surface area contributed by atoms with E-state index in [0.29, 0.717) is 22.7 Å². The Morgan fingerprint density at radius 3 is 2.45 bits per heavy atom. The zero-order valence-electron chi connectivity index (χ0n) is 18.5. The smallest absolute Gasteiger partial charge is 0.232 e. The van der Waals surface area contributed by atoms with Gasteiger partial charge in [-0.15, -0.1) is 10.2 Å². The Morgan fingerprint density at radius 1 is 1.03 bits per heavy atom. The van der Waals surface area contributed by atoms with Gasteiger partial charge in [-0.05, 0) is 57.4 Å². The second-order valence-electron chi connectivity index (χ2n) is 7.51. The maximum Gasteiger partial charge on any atom is 0.232 e. The van der Waals surface area contributed by atoms with Gasteiger partial charge >= 0.3 is 0 Å². The molecule has 2 heterocycles. The predicted molar refractivity (Wildman–Crippen MR) is 127 cm³/mol. The van der Waals surface area contributed by atoms with E-state index in [4.69, 9.17) is 5.73 Å². The molecule has 2 aromatic heterocycles. The second-order valence-corrected chi connectivity index (χ2v) is 8.45. The van der Waals surface area contributed by atoms with Gasteiger partial charge in [0.15, 0.2) is 11.0 Å². The first-order valence-corrected chi connectivity index (χ1v) is 11.2. The number of nitrogens with two attached hydrogens (primary N) is 1. The lowest BCUT2D eigenvalue weighted by Crippen LogP contribution is -2.20.